The van der Waals surface area contributed by atoms with Gasteiger partial charge in [0.15, 0.2) is 0 Å². The SMILES string of the molecule is C=C/C=C\C=C1/CC(=O)C(=O)N1Cc1ccc(OC)cc1. The predicted octanol–water partition coefficient (Wildman–Crippen LogP) is 2.62. The predicted molar refractivity (Wildman–Crippen MR) is 80.6 cm³/mol. The molecule has 0 radical (unpaired) electrons. The van der Waals surface area contributed by atoms with Crippen molar-refractivity contribution in [2.24, 2.45) is 0 Å². The third-order valence-electron chi connectivity index (χ3n) is 3.21. The zero-order valence-electron chi connectivity index (χ0n) is 11.9. The molecule has 1 saturated heterocycles. The van der Waals surface area contributed by atoms with Gasteiger partial charge in [0.1, 0.15) is 5.75 Å². The number of rotatable bonds is 5. The summed E-state index contributed by atoms with van der Waals surface area (Å²) in [5.41, 5.74) is 1.65. The third kappa shape index (κ3) is 3.48. The fourth-order valence-corrected chi connectivity index (χ4v) is 2.10. The topological polar surface area (TPSA) is 46.6 Å². The number of carbonyl (C=O) groups is 2. The lowest BCUT2D eigenvalue weighted by molar-refractivity contribution is -0.139. The molecule has 1 aliphatic rings. The first-order valence-corrected chi connectivity index (χ1v) is 6.61. The molecular formula is C17H17NO3. The van der Waals surface area contributed by atoms with E-state index in [1.165, 1.54) is 4.90 Å². The summed E-state index contributed by atoms with van der Waals surface area (Å²) in [6, 6.07) is 7.43. The molecule has 1 heterocycles. The first kappa shape index (κ1) is 14.8. The van der Waals surface area contributed by atoms with Crippen molar-refractivity contribution in [1.82, 2.24) is 4.90 Å². The van der Waals surface area contributed by atoms with Gasteiger partial charge in [0.2, 0.25) is 5.78 Å². The smallest absolute Gasteiger partial charge is 0.294 e. The Morgan fingerprint density at radius 2 is 1.95 bits per heavy atom. The normalized spacial score (nSPS) is 17.0. The van der Waals surface area contributed by atoms with Gasteiger partial charge in [-0.2, -0.15) is 0 Å². The molecule has 4 nitrogen and oxygen atoms in total. The van der Waals surface area contributed by atoms with E-state index in [1.54, 1.807) is 31.4 Å². The van der Waals surface area contributed by atoms with Crippen molar-refractivity contribution in [1.29, 1.82) is 0 Å². The van der Waals surface area contributed by atoms with E-state index in [1.807, 2.05) is 24.3 Å². The highest BCUT2D eigenvalue weighted by Crippen LogP contribution is 2.23. The number of hydrogen-bond acceptors (Lipinski definition) is 3. The molecule has 0 saturated carbocycles. The minimum atomic E-state index is -0.455. The van der Waals surface area contributed by atoms with Crippen molar-refractivity contribution in [3.63, 3.8) is 0 Å². The number of methoxy groups -OCH3 is 1. The third-order valence-corrected chi connectivity index (χ3v) is 3.21. The highest BCUT2D eigenvalue weighted by molar-refractivity contribution is 6.39. The van der Waals surface area contributed by atoms with Crippen LogP contribution in [0, 0.1) is 0 Å². The lowest BCUT2D eigenvalue weighted by atomic mass is 10.2. The van der Waals surface area contributed by atoms with Gasteiger partial charge in [0.05, 0.1) is 20.1 Å². The first-order valence-electron chi connectivity index (χ1n) is 6.61. The van der Waals surface area contributed by atoms with E-state index in [0.717, 1.165) is 11.3 Å². The Labute approximate surface area is 124 Å². The standard InChI is InChI=1S/C17H17NO3/c1-3-4-5-6-14-11-16(19)17(20)18(14)12-13-7-9-15(21-2)10-8-13/h3-10H,1,11-12H2,2H3/b5-4-,14-6+. The summed E-state index contributed by atoms with van der Waals surface area (Å²) in [4.78, 5) is 25.1. The number of ketones is 1. The maximum absolute atomic E-state index is 11.9. The molecule has 0 atom stereocenters. The van der Waals surface area contributed by atoms with E-state index in [4.69, 9.17) is 4.74 Å². The second-order valence-corrected chi connectivity index (χ2v) is 4.62. The molecule has 1 aromatic carbocycles. The zero-order chi connectivity index (χ0) is 15.2. The van der Waals surface area contributed by atoms with Crippen LogP contribution in [0.5, 0.6) is 5.75 Å². The van der Waals surface area contributed by atoms with Gasteiger partial charge < -0.3 is 9.64 Å². The molecule has 1 fully saturated rings. The second-order valence-electron chi connectivity index (χ2n) is 4.62. The van der Waals surface area contributed by atoms with Gasteiger partial charge in [-0.05, 0) is 23.8 Å². The lowest BCUT2D eigenvalue weighted by Crippen LogP contribution is -2.25. The summed E-state index contributed by atoms with van der Waals surface area (Å²) in [6.45, 7) is 3.96. The molecule has 4 heteroatoms. The van der Waals surface area contributed by atoms with Gasteiger partial charge in [0.25, 0.3) is 5.91 Å². The molecular weight excluding hydrogens is 266 g/mol. The maximum Gasteiger partial charge on any atom is 0.294 e. The number of nitrogens with zero attached hydrogens (tertiary/aromatic N) is 1. The van der Waals surface area contributed by atoms with Crippen molar-refractivity contribution in [3.05, 3.63) is 66.4 Å². The van der Waals surface area contributed by atoms with Gasteiger partial charge in [-0.1, -0.05) is 36.9 Å². The van der Waals surface area contributed by atoms with Gasteiger partial charge in [-0.15, -0.1) is 0 Å². The molecule has 0 N–H and O–H groups in total. The number of carbonyl (C=O) groups excluding carboxylic acids is 2. The fourth-order valence-electron chi connectivity index (χ4n) is 2.10. The summed E-state index contributed by atoms with van der Waals surface area (Å²) in [5, 5.41) is 0. The number of benzene rings is 1. The molecule has 0 unspecified atom stereocenters. The quantitative estimate of drug-likeness (QED) is 0.616. The minimum absolute atomic E-state index is 0.149. The summed E-state index contributed by atoms with van der Waals surface area (Å²) in [7, 11) is 1.60. The number of allylic oxidation sites excluding steroid dienone is 5. The van der Waals surface area contributed by atoms with Gasteiger partial charge in [0, 0.05) is 5.70 Å². The number of ether oxygens (including phenoxy) is 1. The maximum atomic E-state index is 11.9. The minimum Gasteiger partial charge on any atom is -0.497 e. The Balaban J connectivity index is 2.19. The molecule has 1 aromatic rings. The average Bonchev–Trinajstić information content (AvgIpc) is 2.76. The van der Waals surface area contributed by atoms with Crippen LogP contribution < -0.4 is 4.74 Å². The molecule has 0 spiro atoms. The lowest BCUT2D eigenvalue weighted by Gasteiger charge is -2.17. The van der Waals surface area contributed by atoms with Crippen molar-refractivity contribution in [2.75, 3.05) is 7.11 Å². The molecule has 1 amide bonds. The molecule has 0 aliphatic carbocycles. The van der Waals surface area contributed by atoms with Crippen molar-refractivity contribution in [3.8, 4) is 5.75 Å². The molecule has 0 bridgehead atoms. The van der Waals surface area contributed by atoms with Crippen LogP contribution in [0.2, 0.25) is 0 Å². The monoisotopic (exact) mass is 283 g/mol. The van der Waals surface area contributed by atoms with Crippen LogP contribution in [0.25, 0.3) is 0 Å². The Morgan fingerprint density at radius 3 is 2.57 bits per heavy atom. The number of Topliss-reactive ketones (excluding diaryl/α,β-unsaturated/α-hetero) is 1. The van der Waals surface area contributed by atoms with E-state index < -0.39 is 5.91 Å². The second kappa shape index (κ2) is 6.70. The Morgan fingerprint density at radius 1 is 1.24 bits per heavy atom. The largest absolute Gasteiger partial charge is 0.497 e. The molecule has 21 heavy (non-hydrogen) atoms. The summed E-state index contributed by atoms with van der Waals surface area (Å²) < 4.78 is 5.10. The van der Waals surface area contributed by atoms with Crippen LogP contribution in [-0.2, 0) is 16.1 Å². The van der Waals surface area contributed by atoms with Crippen LogP contribution in [0.15, 0.2) is 60.8 Å². The van der Waals surface area contributed by atoms with E-state index in [-0.39, 0.29) is 12.2 Å². The summed E-state index contributed by atoms with van der Waals surface area (Å²) in [6.07, 6.45) is 7.09. The number of hydrogen-bond donors (Lipinski definition) is 0. The Kier molecular flexibility index (Phi) is 4.72. The summed E-state index contributed by atoms with van der Waals surface area (Å²) in [5.74, 6) is -0.0712. The Bertz CT molecular complexity index is 611. The van der Waals surface area contributed by atoms with Crippen LogP contribution >= 0.6 is 0 Å². The van der Waals surface area contributed by atoms with Gasteiger partial charge >= 0.3 is 0 Å². The fraction of sp³-hybridized carbons (Fsp3) is 0.176. The zero-order valence-corrected chi connectivity index (χ0v) is 11.9. The van der Waals surface area contributed by atoms with Crippen molar-refractivity contribution >= 4 is 11.7 Å². The van der Waals surface area contributed by atoms with Crippen LogP contribution in [0.1, 0.15) is 12.0 Å². The summed E-state index contributed by atoms with van der Waals surface area (Å²) >= 11 is 0. The van der Waals surface area contributed by atoms with Gasteiger partial charge in [-0.25, -0.2) is 0 Å². The molecule has 1 aliphatic heterocycles. The molecule has 2 rings (SSSR count). The van der Waals surface area contributed by atoms with Gasteiger partial charge in [-0.3, -0.25) is 9.59 Å². The van der Waals surface area contributed by atoms with Crippen LogP contribution in [0.3, 0.4) is 0 Å². The van der Waals surface area contributed by atoms with Crippen molar-refractivity contribution in [2.45, 2.75) is 13.0 Å². The number of likely N-dealkylation sites (tertiary alicyclic amines) is 1. The molecule has 108 valence electrons. The van der Waals surface area contributed by atoms with Crippen molar-refractivity contribution < 1.29 is 14.3 Å². The van der Waals surface area contributed by atoms with Crippen LogP contribution in [-0.4, -0.2) is 23.7 Å². The molecule has 0 aromatic heterocycles. The first-order chi connectivity index (χ1) is 10.2. The van der Waals surface area contributed by atoms with E-state index >= 15 is 0 Å². The van der Waals surface area contributed by atoms with E-state index in [9.17, 15) is 9.59 Å². The highest BCUT2D eigenvalue weighted by Gasteiger charge is 2.33. The highest BCUT2D eigenvalue weighted by atomic mass is 16.5. The van der Waals surface area contributed by atoms with Crippen LogP contribution in [0.4, 0.5) is 0 Å². The number of amides is 1. The van der Waals surface area contributed by atoms with E-state index in [0.29, 0.717) is 12.2 Å². The van der Waals surface area contributed by atoms with E-state index in [2.05, 4.69) is 6.58 Å². The Hall–Kier alpha value is -2.62. The average molecular weight is 283 g/mol.